The van der Waals surface area contributed by atoms with Gasteiger partial charge in [0.2, 0.25) is 0 Å². The third kappa shape index (κ3) is 2.01. The highest BCUT2D eigenvalue weighted by Crippen LogP contribution is 2.38. The summed E-state index contributed by atoms with van der Waals surface area (Å²) in [7, 11) is 1.50. The van der Waals surface area contributed by atoms with Gasteiger partial charge in [-0.2, -0.15) is 0 Å². The minimum Gasteiger partial charge on any atom is -0.494 e. The van der Waals surface area contributed by atoms with E-state index in [2.05, 4.69) is 0 Å². The summed E-state index contributed by atoms with van der Waals surface area (Å²) < 4.78 is 1.16. The predicted molar refractivity (Wildman–Crippen MR) is 78.1 cm³/mol. The Balaban J connectivity index is 2.03. The zero-order valence-corrected chi connectivity index (χ0v) is 11.9. The number of amides is 1. The van der Waals surface area contributed by atoms with Crippen molar-refractivity contribution < 1.29 is 9.90 Å². The zero-order chi connectivity index (χ0) is 15.1. The van der Waals surface area contributed by atoms with Crippen LogP contribution < -0.4 is 5.56 Å². The van der Waals surface area contributed by atoms with E-state index in [1.165, 1.54) is 13.1 Å². The molecule has 1 N–H and O–H groups in total. The Bertz CT molecular complexity index is 765. The fourth-order valence-corrected chi connectivity index (χ4v) is 2.77. The number of carbonyl (C=O) groups is 1. The zero-order valence-electron chi connectivity index (χ0n) is 11.9. The van der Waals surface area contributed by atoms with E-state index in [4.69, 9.17) is 0 Å². The van der Waals surface area contributed by atoms with Crippen LogP contribution in [-0.2, 0) is 13.6 Å². The molecule has 0 spiro atoms. The van der Waals surface area contributed by atoms with E-state index in [0.29, 0.717) is 17.7 Å². The van der Waals surface area contributed by atoms with Crippen molar-refractivity contribution in [1.29, 1.82) is 0 Å². The van der Waals surface area contributed by atoms with E-state index >= 15 is 0 Å². The monoisotopic (exact) mass is 284 g/mol. The minimum atomic E-state index is -0.381. The minimum absolute atomic E-state index is 0.131. The highest BCUT2D eigenvalue weighted by molar-refractivity contribution is 5.99. The summed E-state index contributed by atoms with van der Waals surface area (Å²) in [6.45, 7) is 2.31. The first-order chi connectivity index (χ1) is 10.0. The Hall–Kier alpha value is -2.56. The number of hydrogen-bond donors (Lipinski definition) is 1. The van der Waals surface area contributed by atoms with Crippen LogP contribution >= 0.6 is 0 Å². The van der Waals surface area contributed by atoms with E-state index in [1.807, 2.05) is 37.3 Å². The molecule has 108 valence electrons. The molecule has 1 aromatic carbocycles. The standard InChI is InChI=1S/C16H16N2O3/c1-10-14-12(8-13(19)17(2)16(14)21)15(20)18(10)9-11-6-4-3-5-7-11/h3-8,10,21H,9H2,1-2H3/t10-/m0/s1. The number of aromatic nitrogens is 1. The highest BCUT2D eigenvalue weighted by Gasteiger charge is 2.37. The van der Waals surface area contributed by atoms with Crippen molar-refractivity contribution in [3.8, 4) is 5.88 Å². The lowest BCUT2D eigenvalue weighted by Gasteiger charge is -2.22. The van der Waals surface area contributed by atoms with Crippen molar-refractivity contribution in [2.75, 3.05) is 0 Å². The number of nitrogens with zero attached hydrogens (tertiary/aromatic N) is 2. The molecule has 1 atom stereocenters. The molecule has 1 aliphatic heterocycles. The maximum Gasteiger partial charge on any atom is 0.255 e. The van der Waals surface area contributed by atoms with Crippen LogP contribution in [0, 0.1) is 0 Å². The molecule has 2 aromatic rings. The average molecular weight is 284 g/mol. The number of hydrogen-bond acceptors (Lipinski definition) is 3. The summed E-state index contributed by atoms with van der Waals surface area (Å²) in [5, 5.41) is 10.2. The molecule has 0 bridgehead atoms. The number of benzene rings is 1. The second-order valence-corrected chi connectivity index (χ2v) is 5.29. The van der Waals surface area contributed by atoms with Gasteiger partial charge < -0.3 is 10.0 Å². The third-order valence-corrected chi connectivity index (χ3v) is 4.02. The van der Waals surface area contributed by atoms with Crippen molar-refractivity contribution in [3.63, 3.8) is 0 Å². The molecule has 1 amide bonds. The van der Waals surface area contributed by atoms with Crippen LogP contribution in [0.25, 0.3) is 0 Å². The Morgan fingerprint density at radius 1 is 1.19 bits per heavy atom. The Labute approximate surface area is 122 Å². The van der Waals surface area contributed by atoms with E-state index in [-0.39, 0.29) is 23.4 Å². The second kappa shape index (κ2) is 4.77. The summed E-state index contributed by atoms with van der Waals surface area (Å²) in [6, 6.07) is 10.7. The molecule has 21 heavy (non-hydrogen) atoms. The van der Waals surface area contributed by atoms with Gasteiger partial charge in [-0.15, -0.1) is 0 Å². The molecule has 3 rings (SSSR count). The molecule has 1 aromatic heterocycles. The topological polar surface area (TPSA) is 62.5 Å². The normalized spacial score (nSPS) is 17.1. The van der Waals surface area contributed by atoms with E-state index in [0.717, 1.165) is 10.1 Å². The third-order valence-electron chi connectivity index (χ3n) is 4.02. The van der Waals surface area contributed by atoms with Gasteiger partial charge >= 0.3 is 0 Å². The lowest BCUT2D eigenvalue weighted by molar-refractivity contribution is 0.0722. The van der Waals surface area contributed by atoms with Crippen molar-refractivity contribution in [1.82, 2.24) is 9.47 Å². The van der Waals surface area contributed by atoms with E-state index in [1.54, 1.807) is 4.90 Å². The van der Waals surface area contributed by atoms with Crippen molar-refractivity contribution in [2.45, 2.75) is 19.5 Å². The molecule has 1 aliphatic rings. The number of pyridine rings is 1. The summed E-state index contributed by atoms with van der Waals surface area (Å²) in [6.07, 6.45) is 0. The molecule has 0 saturated carbocycles. The van der Waals surface area contributed by atoms with Gasteiger partial charge in [0, 0.05) is 25.2 Å². The maximum atomic E-state index is 12.5. The SMILES string of the molecule is C[C@H]1c2c(cc(=O)n(C)c2O)C(=O)N1Cc1ccccc1. The smallest absolute Gasteiger partial charge is 0.255 e. The molecule has 0 radical (unpaired) electrons. The Kier molecular flexibility index (Phi) is 3.05. The molecule has 0 unspecified atom stereocenters. The van der Waals surface area contributed by atoms with Crippen LogP contribution in [0.3, 0.4) is 0 Å². The van der Waals surface area contributed by atoms with Crippen LogP contribution in [0.5, 0.6) is 5.88 Å². The number of aromatic hydroxyl groups is 1. The summed E-state index contributed by atoms with van der Waals surface area (Å²) in [5.74, 6) is -0.344. The molecule has 5 heteroatoms. The molecular weight excluding hydrogens is 268 g/mol. The summed E-state index contributed by atoms with van der Waals surface area (Å²) >= 11 is 0. The van der Waals surface area contributed by atoms with Gasteiger partial charge in [0.15, 0.2) is 5.88 Å². The van der Waals surface area contributed by atoms with E-state index < -0.39 is 0 Å². The van der Waals surface area contributed by atoms with Gasteiger partial charge in [0.1, 0.15) is 0 Å². The highest BCUT2D eigenvalue weighted by atomic mass is 16.3. The van der Waals surface area contributed by atoms with Gasteiger partial charge in [0.25, 0.3) is 11.5 Å². The van der Waals surface area contributed by atoms with Gasteiger partial charge in [-0.05, 0) is 12.5 Å². The first-order valence-corrected chi connectivity index (χ1v) is 6.78. The van der Waals surface area contributed by atoms with Crippen LogP contribution in [0.4, 0.5) is 0 Å². The number of carbonyl (C=O) groups excluding carboxylic acids is 1. The van der Waals surface area contributed by atoms with Crippen molar-refractivity contribution in [3.05, 3.63) is 63.4 Å². The summed E-state index contributed by atoms with van der Waals surface area (Å²) in [4.78, 5) is 25.9. The van der Waals surface area contributed by atoms with Gasteiger partial charge in [-0.3, -0.25) is 14.2 Å². The van der Waals surface area contributed by atoms with Crippen molar-refractivity contribution >= 4 is 5.91 Å². The quantitative estimate of drug-likeness (QED) is 0.914. The predicted octanol–water partition coefficient (Wildman–Crippen LogP) is 1.81. The molecule has 0 saturated heterocycles. The van der Waals surface area contributed by atoms with Crippen LogP contribution in [0.15, 0.2) is 41.2 Å². The first-order valence-electron chi connectivity index (χ1n) is 6.78. The Morgan fingerprint density at radius 2 is 1.86 bits per heavy atom. The van der Waals surface area contributed by atoms with Gasteiger partial charge in [-0.1, -0.05) is 30.3 Å². The lowest BCUT2D eigenvalue weighted by Crippen LogP contribution is -2.26. The first kappa shape index (κ1) is 13.4. The maximum absolute atomic E-state index is 12.5. The average Bonchev–Trinajstić information content (AvgIpc) is 2.71. The molecule has 0 aliphatic carbocycles. The van der Waals surface area contributed by atoms with Crippen LogP contribution in [0.2, 0.25) is 0 Å². The number of rotatable bonds is 2. The largest absolute Gasteiger partial charge is 0.494 e. The van der Waals surface area contributed by atoms with Gasteiger partial charge in [-0.25, -0.2) is 0 Å². The van der Waals surface area contributed by atoms with Crippen molar-refractivity contribution in [2.24, 2.45) is 7.05 Å². The molecule has 2 heterocycles. The fraction of sp³-hybridized carbons (Fsp3) is 0.250. The summed E-state index contributed by atoms with van der Waals surface area (Å²) in [5.41, 5.74) is 1.46. The molecule has 5 nitrogen and oxygen atoms in total. The second-order valence-electron chi connectivity index (χ2n) is 5.29. The van der Waals surface area contributed by atoms with Crippen LogP contribution in [-0.4, -0.2) is 20.5 Å². The molecular formula is C16H16N2O3. The van der Waals surface area contributed by atoms with Gasteiger partial charge in [0.05, 0.1) is 11.6 Å². The fourth-order valence-electron chi connectivity index (χ4n) is 2.77. The van der Waals surface area contributed by atoms with E-state index in [9.17, 15) is 14.7 Å². The lowest BCUT2D eigenvalue weighted by atomic mass is 10.1. The van der Waals surface area contributed by atoms with Crippen LogP contribution in [0.1, 0.15) is 34.5 Å². The Morgan fingerprint density at radius 3 is 2.52 bits per heavy atom. The molecule has 0 fully saturated rings. The number of fused-ring (bicyclic) bond motifs is 1.